The van der Waals surface area contributed by atoms with Crippen molar-refractivity contribution in [2.75, 3.05) is 31.2 Å². The number of ketones is 1. The number of carbonyl (C=O) groups is 1. The van der Waals surface area contributed by atoms with E-state index in [1.165, 1.54) is 5.69 Å². The molecule has 4 rings (SSSR count). The van der Waals surface area contributed by atoms with Crippen molar-refractivity contribution in [3.63, 3.8) is 0 Å². The van der Waals surface area contributed by atoms with Crippen LogP contribution in [0.4, 0.5) is 5.69 Å². The molecule has 0 atom stereocenters. The zero-order chi connectivity index (χ0) is 16.5. The average Bonchev–Trinajstić information content (AvgIpc) is 3.06. The lowest BCUT2D eigenvalue weighted by Gasteiger charge is -2.29. The van der Waals surface area contributed by atoms with Crippen LogP contribution in [0, 0.1) is 0 Å². The number of anilines is 1. The summed E-state index contributed by atoms with van der Waals surface area (Å²) in [6.07, 6.45) is 1.81. The molecule has 1 aromatic heterocycles. The number of carbonyl (C=O) groups excluding carboxylic acids is 1. The maximum atomic E-state index is 11.5. The zero-order valence-corrected chi connectivity index (χ0v) is 13.6. The Hall–Kier alpha value is -2.66. The predicted octanol–water partition coefficient (Wildman–Crippen LogP) is 3.06. The summed E-state index contributed by atoms with van der Waals surface area (Å²) in [4.78, 5) is 18.3. The first-order valence-electron chi connectivity index (χ1n) is 8.13. The van der Waals surface area contributed by atoms with Crippen molar-refractivity contribution in [3.05, 3.63) is 54.4 Å². The number of benzene rings is 2. The maximum Gasteiger partial charge on any atom is 0.159 e. The minimum absolute atomic E-state index is 0.0563. The van der Waals surface area contributed by atoms with E-state index in [9.17, 15) is 4.79 Å². The molecule has 0 radical (unpaired) electrons. The van der Waals surface area contributed by atoms with Gasteiger partial charge in [-0.3, -0.25) is 9.36 Å². The fourth-order valence-corrected chi connectivity index (χ4v) is 3.10. The van der Waals surface area contributed by atoms with E-state index in [-0.39, 0.29) is 5.78 Å². The normalized spacial score (nSPS) is 15.0. The molecule has 1 aliphatic heterocycles. The maximum absolute atomic E-state index is 11.5. The van der Waals surface area contributed by atoms with Crippen molar-refractivity contribution in [2.45, 2.75) is 6.92 Å². The summed E-state index contributed by atoms with van der Waals surface area (Å²) < 4.78 is 7.49. The molecule has 1 saturated heterocycles. The van der Waals surface area contributed by atoms with Gasteiger partial charge in [0.1, 0.15) is 6.33 Å². The number of rotatable bonds is 3. The van der Waals surface area contributed by atoms with Gasteiger partial charge in [-0.1, -0.05) is 6.07 Å². The van der Waals surface area contributed by atoms with Gasteiger partial charge in [-0.15, -0.1) is 0 Å². The number of Topliss-reactive ketones (excluding diaryl/α,β-unsaturated/α-hetero) is 1. The summed E-state index contributed by atoms with van der Waals surface area (Å²) in [5.41, 5.74) is 4.78. The molecule has 3 aromatic rings. The summed E-state index contributed by atoms with van der Waals surface area (Å²) in [6.45, 7) is 4.94. The Labute approximate surface area is 140 Å². The first-order valence-corrected chi connectivity index (χ1v) is 8.13. The smallest absolute Gasteiger partial charge is 0.159 e. The van der Waals surface area contributed by atoms with Crippen molar-refractivity contribution in [1.82, 2.24) is 9.55 Å². The van der Waals surface area contributed by atoms with Gasteiger partial charge in [-0.05, 0) is 43.3 Å². The van der Waals surface area contributed by atoms with E-state index < -0.39 is 0 Å². The predicted molar refractivity (Wildman–Crippen MR) is 94.1 cm³/mol. The molecular formula is C19H19N3O2. The molecule has 0 saturated carbocycles. The van der Waals surface area contributed by atoms with E-state index in [1.54, 1.807) is 6.92 Å². The van der Waals surface area contributed by atoms with E-state index in [4.69, 9.17) is 4.74 Å². The molecule has 5 nitrogen and oxygen atoms in total. The minimum atomic E-state index is 0.0563. The Morgan fingerprint density at radius 1 is 1.08 bits per heavy atom. The number of hydrogen-bond acceptors (Lipinski definition) is 4. The van der Waals surface area contributed by atoms with Gasteiger partial charge < -0.3 is 9.64 Å². The van der Waals surface area contributed by atoms with Crippen LogP contribution in [0.1, 0.15) is 17.3 Å². The second-order valence-electron chi connectivity index (χ2n) is 5.99. The number of morpholine rings is 1. The van der Waals surface area contributed by atoms with Gasteiger partial charge in [-0.2, -0.15) is 0 Å². The van der Waals surface area contributed by atoms with Crippen LogP contribution in [0.3, 0.4) is 0 Å². The van der Waals surface area contributed by atoms with Gasteiger partial charge in [0.15, 0.2) is 5.78 Å². The lowest BCUT2D eigenvalue weighted by Crippen LogP contribution is -2.36. The summed E-state index contributed by atoms with van der Waals surface area (Å²) in [5, 5.41) is 0. The molecular weight excluding hydrogens is 302 g/mol. The SMILES string of the molecule is CC(=O)c1ccc2c(c1)ncn2-c1cccc(N2CCOCC2)c1. The van der Waals surface area contributed by atoms with E-state index >= 15 is 0 Å². The van der Waals surface area contributed by atoms with E-state index in [0.717, 1.165) is 43.0 Å². The fraction of sp³-hybridized carbons (Fsp3) is 0.263. The molecule has 1 fully saturated rings. The molecule has 0 spiro atoms. The largest absolute Gasteiger partial charge is 0.378 e. The highest BCUT2D eigenvalue weighted by Gasteiger charge is 2.13. The van der Waals surface area contributed by atoms with Crippen LogP contribution in [-0.4, -0.2) is 41.6 Å². The number of ether oxygens (including phenoxy) is 1. The third kappa shape index (κ3) is 2.67. The number of aromatic nitrogens is 2. The van der Waals surface area contributed by atoms with Gasteiger partial charge in [0.25, 0.3) is 0 Å². The molecule has 122 valence electrons. The van der Waals surface area contributed by atoms with Gasteiger partial charge in [-0.25, -0.2) is 4.98 Å². The topological polar surface area (TPSA) is 47.4 Å². The minimum Gasteiger partial charge on any atom is -0.378 e. The number of nitrogens with zero attached hydrogens (tertiary/aromatic N) is 3. The fourth-order valence-electron chi connectivity index (χ4n) is 3.10. The Morgan fingerprint density at radius 3 is 2.67 bits per heavy atom. The standard InChI is InChI=1S/C19H19N3O2/c1-14(23)15-5-6-19-18(11-15)20-13-22(19)17-4-2-3-16(12-17)21-7-9-24-10-8-21/h2-6,11-13H,7-10H2,1H3. The van der Waals surface area contributed by atoms with Crippen molar-refractivity contribution >= 4 is 22.5 Å². The number of hydrogen-bond donors (Lipinski definition) is 0. The van der Waals surface area contributed by atoms with Crippen LogP contribution in [0.2, 0.25) is 0 Å². The van der Waals surface area contributed by atoms with Crippen molar-refractivity contribution in [2.24, 2.45) is 0 Å². The number of imidazole rings is 1. The van der Waals surface area contributed by atoms with Crippen LogP contribution in [0.25, 0.3) is 16.7 Å². The summed E-state index contributed by atoms with van der Waals surface area (Å²) >= 11 is 0. The highest BCUT2D eigenvalue weighted by atomic mass is 16.5. The Kier molecular flexibility index (Phi) is 3.78. The van der Waals surface area contributed by atoms with Crippen LogP contribution in [-0.2, 0) is 4.74 Å². The molecule has 2 aromatic carbocycles. The second kappa shape index (κ2) is 6.09. The molecule has 0 amide bonds. The highest BCUT2D eigenvalue weighted by molar-refractivity contribution is 5.97. The Morgan fingerprint density at radius 2 is 1.88 bits per heavy atom. The van der Waals surface area contributed by atoms with Crippen LogP contribution >= 0.6 is 0 Å². The van der Waals surface area contributed by atoms with Crippen LogP contribution in [0.15, 0.2) is 48.8 Å². The Bertz CT molecular complexity index is 895. The monoisotopic (exact) mass is 321 g/mol. The number of fused-ring (bicyclic) bond motifs is 1. The third-order valence-corrected chi connectivity index (χ3v) is 4.44. The van der Waals surface area contributed by atoms with Gasteiger partial charge in [0, 0.05) is 30.0 Å². The first kappa shape index (κ1) is 14.9. The average molecular weight is 321 g/mol. The van der Waals surface area contributed by atoms with Gasteiger partial charge >= 0.3 is 0 Å². The molecule has 24 heavy (non-hydrogen) atoms. The van der Waals surface area contributed by atoms with Crippen molar-refractivity contribution in [1.29, 1.82) is 0 Å². The molecule has 5 heteroatoms. The highest BCUT2D eigenvalue weighted by Crippen LogP contribution is 2.24. The summed E-state index contributed by atoms with van der Waals surface area (Å²) in [5.74, 6) is 0.0563. The lowest BCUT2D eigenvalue weighted by atomic mass is 10.1. The molecule has 0 N–H and O–H groups in total. The molecule has 0 aliphatic carbocycles. The van der Waals surface area contributed by atoms with Gasteiger partial charge in [0.2, 0.25) is 0 Å². The summed E-state index contributed by atoms with van der Waals surface area (Å²) in [7, 11) is 0. The molecule has 0 unspecified atom stereocenters. The zero-order valence-electron chi connectivity index (χ0n) is 13.6. The molecule has 2 heterocycles. The van der Waals surface area contributed by atoms with E-state index in [2.05, 4.69) is 38.7 Å². The third-order valence-electron chi connectivity index (χ3n) is 4.44. The molecule has 1 aliphatic rings. The first-order chi connectivity index (χ1) is 11.7. The van der Waals surface area contributed by atoms with E-state index in [1.807, 2.05) is 24.5 Å². The van der Waals surface area contributed by atoms with Crippen molar-refractivity contribution in [3.8, 4) is 5.69 Å². The quantitative estimate of drug-likeness (QED) is 0.696. The Balaban J connectivity index is 1.73. The van der Waals surface area contributed by atoms with Crippen LogP contribution in [0.5, 0.6) is 0 Å². The summed E-state index contributed by atoms with van der Waals surface area (Å²) in [6, 6.07) is 14.1. The van der Waals surface area contributed by atoms with E-state index in [0.29, 0.717) is 5.56 Å². The lowest BCUT2D eigenvalue weighted by molar-refractivity contribution is 0.101. The second-order valence-corrected chi connectivity index (χ2v) is 5.99. The molecule has 0 bridgehead atoms. The van der Waals surface area contributed by atoms with Crippen LogP contribution < -0.4 is 4.90 Å². The van der Waals surface area contributed by atoms with Gasteiger partial charge in [0.05, 0.1) is 24.2 Å². The van der Waals surface area contributed by atoms with Crippen molar-refractivity contribution < 1.29 is 9.53 Å².